The van der Waals surface area contributed by atoms with Gasteiger partial charge in [-0.05, 0) is 53.6 Å². The third-order valence-electron chi connectivity index (χ3n) is 6.31. The van der Waals surface area contributed by atoms with Gasteiger partial charge in [0, 0.05) is 5.56 Å². The molecule has 5 rings (SSSR count). The molecule has 0 aliphatic carbocycles. The molecule has 1 unspecified atom stereocenters. The zero-order valence-corrected chi connectivity index (χ0v) is 21.2. The van der Waals surface area contributed by atoms with Gasteiger partial charge in [0.2, 0.25) is 0 Å². The number of aliphatic hydroxyl groups is 1. The SMILES string of the molecule is COc1cc(/C(O)=C2/C(=O)C(=O)N(Cc3ccco3)C2c2ccc(OCc3ccccc3)cc2)ccc1Cl. The Hall–Kier alpha value is -4.49. The van der Waals surface area contributed by atoms with Gasteiger partial charge in [0.25, 0.3) is 11.7 Å². The molecule has 8 heteroatoms. The quantitative estimate of drug-likeness (QED) is 0.167. The number of ketones is 1. The van der Waals surface area contributed by atoms with Crippen LogP contribution in [0.2, 0.25) is 5.02 Å². The molecule has 0 bridgehead atoms. The summed E-state index contributed by atoms with van der Waals surface area (Å²) in [5.74, 6) is -0.391. The van der Waals surface area contributed by atoms with E-state index in [9.17, 15) is 14.7 Å². The van der Waals surface area contributed by atoms with Gasteiger partial charge in [0.05, 0.1) is 36.6 Å². The Kier molecular flexibility index (Phi) is 7.20. The van der Waals surface area contributed by atoms with Gasteiger partial charge in [-0.1, -0.05) is 54.1 Å². The van der Waals surface area contributed by atoms with Crippen LogP contribution >= 0.6 is 11.6 Å². The van der Waals surface area contributed by atoms with Gasteiger partial charge in [0.1, 0.15) is 29.6 Å². The second-order valence-corrected chi connectivity index (χ2v) is 9.11. The number of benzene rings is 3. The van der Waals surface area contributed by atoms with E-state index in [4.69, 9.17) is 25.5 Å². The first kappa shape index (κ1) is 25.2. The molecule has 38 heavy (non-hydrogen) atoms. The van der Waals surface area contributed by atoms with Crippen molar-refractivity contribution < 1.29 is 28.6 Å². The highest BCUT2D eigenvalue weighted by atomic mass is 35.5. The Morgan fingerprint density at radius 2 is 1.76 bits per heavy atom. The smallest absolute Gasteiger partial charge is 0.296 e. The molecule has 1 aromatic heterocycles. The van der Waals surface area contributed by atoms with Crippen LogP contribution in [0.25, 0.3) is 5.76 Å². The standard InChI is InChI=1S/C30H24ClNO6/c1-36-25-16-21(11-14-24(25)31)28(33)26-27(32(30(35)29(26)34)17-23-8-5-15-37-23)20-9-12-22(13-10-20)38-18-19-6-3-2-4-7-19/h2-16,27,33H,17-18H2,1H3/b28-26-. The number of carbonyl (C=O) groups is 2. The fourth-order valence-electron chi connectivity index (χ4n) is 4.41. The summed E-state index contributed by atoms with van der Waals surface area (Å²) in [7, 11) is 1.45. The predicted octanol–water partition coefficient (Wildman–Crippen LogP) is 6.14. The monoisotopic (exact) mass is 529 g/mol. The van der Waals surface area contributed by atoms with Gasteiger partial charge in [-0.25, -0.2) is 0 Å². The summed E-state index contributed by atoms with van der Waals surface area (Å²) in [5, 5.41) is 11.6. The van der Waals surface area contributed by atoms with E-state index in [-0.39, 0.29) is 17.9 Å². The van der Waals surface area contributed by atoms with Crippen LogP contribution in [-0.4, -0.2) is 28.8 Å². The number of halogens is 1. The molecule has 0 radical (unpaired) electrons. The summed E-state index contributed by atoms with van der Waals surface area (Å²) in [6.45, 7) is 0.449. The van der Waals surface area contributed by atoms with Crippen molar-refractivity contribution >= 4 is 29.1 Å². The molecule has 0 spiro atoms. The van der Waals surface area contributed by atoms with Gasteiger partial charge >= 0.3 is 0 Å². The van der Waals surface area contributed by atoms with Gasteiger partial charge in [-0.15, -0.1) is 0 Å². The van der Waals surface area contributed by atoms with Crippen LogP contribution in [-0.2, 0) is 22.7 Å². The minimum atomic E-state index is -0.857. The number of methoxy groups -OCH3 is 1. The first-order chi connectivity index (χ1) is 18.5. The maximum Gasteiger partial charge on any atom is 0.296 e. The Morgan fingerprint density at radius 1 is 1.00 bits per heavy atom. The molecule has 1 amide bonds. The molecule has 7 nitrogen and oxygen atoms in total. The summed E-state index contributed by atoms with van der Waals surface area (Å²) < 4.78 is 16.6. The number of aliphatic hydroxyl groups excluding tert-OH is 1. The third-order valence-corrected chi connectivity index (χ3v) is 6.63. The number of amides is 1. The number of carbonyl (C=O) groups excluding carboxylic acids is 2. The number of hydrogen-bond acceptors (Lipinski definition) is 6. The molecular formula is C30H24ClNO6. The van der Waals surface area contributed by atoms with E-state index in [1.807, 2.05) is 30.3 Å². The van der Waals surface area contributed by atoms with Crippen LogP contribution < -0.4 is 9.47 Å². The first-order valence-corrected chi connectivity index (χ1v) is 12.3. The maximum absolute atomic E-state index is 13.3. The van der Waals surface area contributed by atoms with E-state index in [2.05, 4.69) is 0 Å². The lowest BCUT2D eigenvalue weighted by Crippen LogP contribution is -2.29. The topological polar surface area (TPSA) is 89.2 Å². The number of likely N-dealkylation sites (tertiary alicyclic amines) is 1. The molecule has 2 heterocycles. The van der Waals surface area contributed by atoms with E-state index in [0.717, 1.165) is 5.56 Å². The van der Waals surface area contributed by atoms with Crippen molar-refractivity contribution in [1.82, 2.24) is 4.90 Å². The maximum atomic E-state index is 13.3. The lowest BCUT2D eigenvalue weighted by molar-refractivity contribution is -0.140. The molecule has 4 aromatic rings. The Morgan fingerprint density at radius 3 is 2.45 bits per heavy atom. The highest BCUT2D eigenvalue weighted by Gasteiger charge is 2.46. The molecule has 3 aromatic carbocycles. The summed E-state index contributed by atoms with van der Waals surface area (Å²) in [5.41, 5.74) is 1.92. The second kappa shape index (κ2) is 10.9. The number of ether oxygens (including phenoxy) is 2. The minimum absolute atomic E-state index is 0.0381. The normalized spacial score (nSPS) is 16.6. The van der Waals surface area contributed by atoms with Crippen LogP contribution in [0, 0.1) is 0 Å². The summed E-state index contributed by atoms with van der Waals surface area (Å²) in [4.78, 5) is 27.8. The summed E-state index contributed by atoms with van der Waals surface area (Å²) in [6, 6.07) is 24.1. The molecule has 0 saturated carbocycles. The lowest BCUT2D eigenvalue weighted by atomic mass is 9.95. The van der Waals surface area contributed by atoms with Gasteiger partial charge in [-0.3, -0.25) is 9.59 Å². The van der Waals surface area contributed by atoms with Crippen molar-refractivity contribution in [2.24, 2.45) is 0 Å². The molecule has 1 fully saturated rings. The predicted molar refractivity (Wildman–Crippen MR) is 142 cm³/mol. The fraction of sp³-hybridized carbons (Fsp3) is 0.133. The van der Waals surface area contributed by atoms with Crippen LogP contribution in [0.1, 0.15) is 28.5 Å². The van der Waals surface area contributed by atoms with Crippen LogP contribution in [0.15, 0.2) is 101 Å². The van der Waals surface area contributed by atoms with Crippen LogP contribution in [0.4, 0.5) is 0 Å². The molecule has 1 aliphatic rings. The largest absolute Gasteiger partial charge is 0.507 e. The Labute approximate surface area is 224 Å². The van der Waals surface area contributed by atoms with E-state index in [1.54, 1.807) is 48.5 Å². The summed E-state index contributed by atoms with van der Waals surface area (Å²) >= 11 is 6.15. The lowest BCUT2D eigenvalue weighted by Gasteiger charge is -2.24. The Bertz CT molecular complexity index is 1480. The number of rotatable bonds is 8. The third kappa shape index (κ3) is 5.01. The molecule has 1 N–H and O–H groups in total. The van der Waals surface area contributed by atoms with Crippen molar-refractivity contribution in [3.8, 4) is 11.5 Å². The van der Waals surface area contributed by atoms with E-state index < -0.39 is 17.7 Å². The molecule has 1 aliphatic heterocycles. The average molecular weight is 530 g/mol. The Balaban J connectivity index is 1.52. The second-order valence-electron chi connectivity index (χ2n) is 8.70. The molecular weight excluding hydrogens is 506 g/mol. The number of furan rings is 1. The first-order valence-electron chi connectivity index (χ1n) is 11.9. The van der Waals surface area contributed by atoms with Crippen LogP contribution in [0.3, 0.4) is 0 Å². The zero-order chi connectivity index (χ0) is 26.6. The number of Topliss-reactive ketones (excluding diaryl/α,β-unsaturated/α-hetero) is 1. The molecule has 1 saturated heterocycles. The van der Waals surface area contributed by atoms with Gasteiger partial charge in [0.15, 0.2) is 0 Å². The highest BCUT2D eigenvalue weighted by Crippen LogP contribution is 2.41. The summed E-state index contributed by atoms with van der Waals surface area (Å²) in [6.07, 6.45) is 1.50. The highest BCUT2D eigenvalue weighted by molar-refractivity contribution is 6.46. The van der Waals surface area contributed by atoms with Crippen molar-refractivity contribution in [3.63, 3.8) is 0 Å². The molecule has 192 valence electrons. The fourth-order valence-corrected chi connectivity index (χ4v) is 4.60. The van der Waals surface area contributed by atoms with Gasteiger partial charge in [-0.2, -0.15) is 0 Å². The minimum Gasteiger partial charge on any atom is -0.507 e. The van der Waals surface area contributed by atoms with Crippen molar-refractivity contribution in [1.29, 1.82) is 0 Å². The van der Waals surface area contributed by atoms with E-state index in [1.165, 1.54) is 24.3 Å². The average Bonchev–Trinajstić information content (AvgIpc) is 3.55. The number of nitrogens with zero attached hydrogens (tertiary/aromatic N) is 1. The zero-order valence-electron chi connectivity index (χ0n) is 20.5. The van der Waals surface area contributed by atoms with Crippen molar-refractivity contribution in [2.75, 3.05) is 7.11 Å². The number of hydrogen-bond donors (Lipinski definition) is 1. The molecule has 1 atom stereocenters. The van der Waals surface area contributed by atoms with Crippen molar-refractivity contribution in [3.05, 3.63) is 124 Å². The van der Waals surface area contributed by atoms with Crippen molar-refractivity contribution in [2.45, 2.75) is 19.2 Å². The van der Waals surface area contributed by atoms with E-state index in [0.29, 0.717) is 40.0 Å². The van der Waals surface area contributed by atoms with E-state index >= 15 is 0 Å². The van der Waals surface area contributed by atoms with Crippen LogP contribution in [0.5, 0.6) is 11.5 Å². The van der Waals surface area contributed by atoms with Gasteiger partial charge < -0.3 is 23.9 Å².